The van der Waals surface area contributed by atoms with Gasteiger partial charge in [0.1, 0.15) is 6.10 Å². The number of ether oxygens (including phenoxy) is 2. The summed E-state index contributed by atoms with van der Waals surface area (Å²) in [6, 6.07) is 0. The van der Waals surface area contributed by atoms with Crippen molar-refractivity contribution in [2.75, 3.05) is 39.5 Å². The van der Waals surface area contributed by atoms with Gasteiger partial charge in [0.2, 0.25) is 5.91 Å². The van der Waals surface area contributed by atoms with E-state index in [1.165, 1.54) is 0 Å². The summed E-state index contributed by atoms with van der Waals surface area (Å²) in [4.78, 5) is 11.7. The minimum absolute atomic E-state index is 0.00566. The Bertz CT molecular complexity index is 223. The van der Waals surface area contributed by atoms with Crippen molar-refractivity contribution in [3.8, 4) is 0 Å². The Hall–Kier alpha value is -0.650. The molecule has 2 unspecified atom stereocenters. The van der Waals surface area contributed by atoms with E-state index in [0.717, 1.165) is 39.1 Å². The Morgan fingerprint density at radius 3 is 3.06 bits per heavy atom. The summed E-state index contributed by atoms with van der Waals surface area (Å²) in [5, 5.41) is 6.06. The molecular weight excluding hydrogens is 208 g/mol. The predicted molar refractivity (Wildman–Crippen MR) is 59.2 cm³/mol. The van der Waals surface area contributed by atoms with Crippen LogP contribution >= 0.6 is 0 Å². The second kappa shape index (κ2) is 6.18. The Balaban J connectivity index is 1.59. The summed E-state index contributed by atoms with van der Waals surface area (Å²) in [6.45, 7) is 4.52. The van der Waals surface area contributed by atoms with E-state index in [1.807, 2.05) is 0 Å². The van der Waals surface area contributed by atoms with E-state index in [1.54, 1.807) is 0 Å². The van der Waals surface area contributed by atoms with Crippen molar-refractivity contribution in [1.29, 1.82) is 0 Å². The fourth-order valence-corrected chi connectivity index (χ4v) is 2.06. The zero-order valence-electron chi connectivity index (χ0n) is 9.54. The summed E-state index contributed by atoms with van der Waals surface area (Å²) in [5.41, 5.74) is 0. The third-order valence-electron chi connectivity index (χ3n) is 3.10. The normalized spacial score (nSPS) is 30.2. The molecule has 2 rings (SSSR count). The molecule has 0 saturated carbocycles. The highest BCUT2D eigenvalue weighted by Gasteiger charge is 2.22. The third-order valence-corrected chi connectivity index (χ3v) is 3.10. The van der Waals surface area contributed by atoms with E-state index in [4.69, 9.17) is 9.47 Å². The number of carbonyl (C=O) groups is 1. The van der Waals surface area contributed by atoms with Gasteiger partial charge in [-0.1, -0.05) is 0 Å². The molecule has 1 amide bonds. The first kappa shape index (κ1) is 11.8. The van der Waals surface area contributed by atoms with Gasteiger partial charge < -0.3 is 20.1 Å². The molecule has 0 aromatic rings. The molecule has 0 bridgehead atoms. The van der Waals surface area contributed by atoms with E-state index in [0.29, 0.717) is 19.1 Å². The summed E-state index contributed by atoms with van der Waals surface area (Å²) >= 11 is 0. The third kappa shape index (κ3) is 3.43. The number of morpholine rings is 1. The lowest BCUT2D eigenvalue weighted by Crippen LogP contribution is -2.48. The molecule has 0 aliphatic carbocycles. The quantitative estimate of drug-likeness (QED) is 0.682. The van der Waals surface area contributed by atoms with Gasteiger partial charge in [0.15, 0.2) is 0 Å². The van der Waals surface area contributed by atoms with Gasteiger partial charge in [0.05, 0.1) is 6.61 Å². The van der Waals surface area contributed by atoms with Gasteiger partial charge >= 0.3 is 0 Å². The highest BCUT2D eigenvalue weighted by molar-refractivity contribution is 5.81. The van der Waals surface area contributed by atoms with E-state index < -0.39 is 0 Å². The molecule has 2 N–H and O–H groups in total. The zero-order valence-corrected chi connectivity index (χ0v) is 9.54. The Morgan fingerprint density at radius 2 is 2.38 bits per heavy atom. The maximum absolute atomic E-state index is 11.7. The summed E-state index contributed by atoms with van der Waals surface area (Å²) in [6.07, 6.45) is 1.82. The number of nitrogens with one attached hydrogen (secondary N) is 2. The number of carbonyl (C=O) groups excluding carboxylic acids is 1. The average molecular weight is 228 g/mol. The SMILES string of the molecule is O=C(NCCC1CCOC1)C1CNCCO1. The van der Waals surface area contributed by atoms with Crippen LogP contribution in [0.1, 0.15) is 12.8 Å². The minimum atomic E-state index is -0.312. The predicted octanol–water partition coefficient (Wildman–Crippen LogP) is -0.482. The molecule has 5 nitrogen and oxygen atoms in total. The summed E-state index contributed by atoms with van der Waals surface area (Å²) in [7, 11) is 0. The summed E-state index contributed by atoms with van der Waals surface area (Å²) in [5.74, 6) is 0.622. The van der Waals surface area contributed by atoms with Crippen molar-refractivity contribution in [3.63, 3.8) is 0 Å². The van der Waals surface area contributed by atoms with Gasteiger partial charge in [-0.25, -0.2) is 0 Å². The van der Waals surface area contributed by atoms with Gasteiger partial charge in [-0.05, 0) is 18.8 Å². The molecule has 5 heteroatoms. The van der Waals surface area contributed by atoms with Gasteiger partial charge in [0, 0.05) is 32.8 Å². The molecule has 0 spiro atoms. The lowest BCUT2D eigenvalue weighted by Gasteiger charge is -2.22. The van der Waals surface area contributed by atoms with Crippen LogP contribution in [-0.4, -0.2) is 51.5 Å². The van der Waals surface area contributed by atoms with E-state index >= 15 is 0 Å². The zero-order chi connectivity index (χ0) is 11.2. The van der Waals surface area contributed by atoms with Crippen molar-refractivity contribution in [2.45, 2.75) is 18.9 Å². The Kier molecular flexibility index (Phi) is 4.56. The standard InChI is InChI=1S/C11H20N2O3/c14-11(10-7-12-4-6-16-10)13-3-1-9-2-5-15-8-9/h9-10,12H,1-8H2,(H,13,14). The fraction of sp³-hybridized carbons (Fsp3) is 0.909. The van der Waals surface area contributed by atoms with Gasteiger partial charge in [-0.15, -0.1) is 0 Å². The second-order valence-electron chi connectivity index (χ2n) is 4.37. The first-order valence-electron chi connectivity index (χ1n) is 6.04. The number of hydrogen-bond donors (Lipinski definition) is 2. The van der Waals surface area contributed by atoms with Crippen molar-refractivity contribution in [3.05, 3.63) is 0 Å². The Labute approximate surface area is 95.9 Å². The van der Waals surface area contributed by atoms with Crippen LogP contribution in [0.25, 0.3) is 0 Å². The minimum Gasteiger partial charge on any atom is -0.381 e. The molecule has 2 heterocycles. The maximum Gasteiger partial charge on any atom is 0.250 e. The first-order chi connectivity index (χ1) is 7.86. The molecule has 0 aromatic carbocycles. The monoisotopic (exact) mass is 228 g/mol. The molecule has 0 radical (unpaired) electrons. The van der Waals surface area contributed by atoms with Crippen molar-refractivity contribution in [1.82, 2.24) is 10.6 Å². The van der Waals surface area contributed by atoms with Gasteiger partial charge in [-0.3, -0.25) is 4.79 Å². The van der Waals surface area contributed by atoms with Crippen LogP contribution in [0, 0.1) is 5.92 Å². The van der Waals surface area contributed by atoms with Crippen LogP contribution in [0.2, 0.25) is 0 Å². The topological polar surface area (TPSA) is 59.6 Å². The van der Waals surface area contributed by atoms with E-state index in [9.17, 15) is 4.79 Å². The maximum atomic E-state index is 11.7. The van der Waals surface area contributed by atoms with Gasteiger partial charge in [-0.2, -0.15) is 0 Å². The molecule has 2 aliphatic rings. The lowest BCUT2D eigenvalue weighted by atomic mass is 10.1. The highest BCUT2D eigenvalue weighted by Crippen LogP contribution is 2.15. The molecular formula is C11H20N2O3. The first-order valence-corrected chi connectivity index (χ1v) is 6.04. The molecule has 2 fully saturated rings. The van der Waals surface area contributed by atoms with Crippen LogP contribution in [0.15, 0.2) is 0 Å². The largest absolute Gasteiger partial charge is 0.381 e. The molecule has 2 aliphatic heterocycles. The van der Waals surface area contributed by atoms with E-state index in [2.05, 4.69) is 10.6 Å². The van der Waals surface area contributed by atoms with Gasteiger partial charge in [0.25, 0.3) is 0 Å². The van der Waals surface area contributed by atoms with Crippen molar-refractivity contribution < 1.29 is 14.3 Å². The molecule has 2 saturated heterocycles. The van der Waals surface area contributed by atoms with Crippen molar-refractivity contribution >= 4 is 5.91 Å². The van der Waals surface area contributed by atoms with Crippen molar-refractivity contribution in [2.24, 2.45) is 5.92 Å². The van der Waals surface area contributed by atoms with Crippen LogP contribution < -0.4 is 10.6 Å². The molecule has 2 atom stereocenters. The molecule has 0 aromatic heterocycles. The fourth-order valence-electron chi connectivity index (χ4n) is 2.06. The molecule has 92 valence electrons. The average Bonchev–Trinajstić information content (AvgIpc) is 2.83. The van der Waals surface area contributed by atoms with E-state index in [-0.39, 0.29) is 12.0 Å². The highest BCUT2D eigenvalue weighted by atomic mass is 16.5. The lowest BCUT2D eigenvalue weighted by molar-refractivity contribution is -0.134. The van der Waals surface area contributed by atoms with Crippen LogP contribution in [-0.2, 0) is 14.3 Å². The molecule has 16 heavy (non-hydrogen) atoms. The number of rotatable bonds is 4. The smallest absolute Gasteiger partial charge is 0.250 e. The van der Waals surface area contributed by atoms with Crippen LogP contribution in [0.3, 0.4) is 0 Å². The number of hydrogen-bond acceptors (Lipinski definition) is 4. The Morgan fingerprint density at radius 1 is 1.44 bits per heavy atom. The van der Waals surface area contributed by atoms with Crippen LogP contribution in [0.5, 0.6) is 0 Å². The second-order valence-corrected chi connectivity index (χ2v) is 4.37. The number of amides is 1. The summed E-state index contributed by atoms with van der Waals surface area (Å²) < 4.78 is 10.6. The van der Waals surface area contributed by atoms with Crippen LogP contribution in [0.4, 0.5) is 0 Å².